The molecule has 0 amide bonds. The van der Waals surface area contributed by atoms with Gasteiger partial charge in [-0.05, 0) is 33.6 Å². The van der Waals surface area contributed by atoms with Gasteiger partial charge in [-0.25, -0.2) is 4.39 Å². The topological polar surface area (TPSA) is 43.4 Å². The molecule has 78 valence electrons. The molecule has 0 saturated heterocycles. The Kier molecular flexibility index (Phi) is 3.63. The summed E-state index contributed by atoms with van der Waals surface area (Å²) in [6.45, 7) is -0.150. The Labute approximate surface area is 90.1 Å². The van der Waals surface area contributed by atoms with Crippen LogP contribution in [0.25, 0.3) is 0 Å². The van der Waals surface area contributed by atoms with E-state index in [2.05, 4.69) is 20.1 Å². The Bertz CT molecular complexity index is 430. The quantitative estimate of drug-likeness (QED) is 0.797. The summed E-state index contributed by atoms with van der Waals surface area (Å²) in [7, 11) is -3.48. The Morgan fingerprint density at radius 2 is 2.14 bits per heavy atom. The molecule has 0 aliphatic rings. The van der Waals surface area contributed by atoms with Crippen molar-refractivity contribution in [2.75, 3.05) is 6.26 Å². The van der Waals surface area contributed by atoms with E-state index in [1.807, 2.05) is 0 Å². The molecule has 1 aromatic rings. The summed E-state index contributed by atoms with van der Waals surface area (Å²) in [4.78, 5) is 0. The molecule has 0 N–H and O–H groups in total. The summed E-state index contributed by atoms with van der Waals surface area (Å²) < 4.78 is 39.0. The fourth-order valence-corrected chi connectivity index (χ4v) is 1.40. The van der Waals surface area contributed by atoms with Crippen LogP contribution in [0.1, 0.15) is 5.56 Å². The lowest BCUT2D eigenvalue weighted by molar-refractivity contribution is 0.311. The molecule has 0 unspecified atom stereocenters. The third-order valence-corrected chi connectivity index (χ3v) is 2.61. The molecule has 14 heavy (non-hydrogen) atoms. The Morgan fingerprint density at radius 1 is 1.50 bits per heavy atom. The van der Waals surface area contributed by atoms with Crippen LogP contribution in [0.4, 0.5) is 4.39 Å². The Hall–Kier alpha value is -0.460. The van der Waals surface area contributed by atoms with Crippen LogP contribution < -0.4 is 0 Å². The highest BCUT2D eigenvalue weighted by atomic mass is 79.9. The first-order valence-electron chi connectivity index (χ1n) is 3.67. The molecule has 0 heterocycles. The van der Waals surface area contributed by atoms with Crippen LogP contribution in [-0.2, 0) is 20.9 Å². The van der Waals surface area contributed by atoms with Crippen molar-refractivity contribution in [3.8, 4) is 0 Å². The molecule has 3 nitrogen and oxygen atoms in total. The first-order chi connectivity index (χ1) is 6.38. The molecule has 0 aliphatic carbocycles. The van der Waals surface area contributed by atoms with Crippen molar-refractivity contribution in [1.82, 2.24) is 0 Å². The minimum absolute atomic E-state index is 0.150. The van der Waals surface area contributed by atoms with Crippen LogP contribution in [0.15, 0.2) is 22.7 Å². The summed E-state index contributed by atoms with van der Waals surface area (Å²) in [5.74, 6) is -0.445. The van der Waals surface area contributed by atoms with Gasteiger partial charge in [0.25, 0.3) is 10.1 Å². The summed E-state index contributed by atoms with van der Waals surface area (Å²) >= 11 is 2.99. The van der Waals surface area contributed by atoms with Gasteiger partial charge in [-0.15, -0.1) is 0 Å². The van der Waals surface area contributed by atoms with Crippen LogP contribution in [-0.4, -0.2) is 14.7 Å². The van der Waals surface area contributed by atoms with Crippen LogP contribution in [0.2, 0.25) is 0 Å². The van der Waals surface area contributed by atoms with Crippen LogP contribution in [0, 0.1) is 5.82 Å². The van der Waals surface area contributed by atoms with Crippen molar-refractivity contribution in [2.45, 2.75) is 6.61 Å². The molecule has 0 bridgehead atoms. The predicted molar refractivity (Wildman–Crippen MR) is 53.7 cm³/mol. The van der Waals surface area contributed by atoms with Gasteiger partial charge >= 0.3 is 0 Å². The smallest absolute Gasteiger partial charge is 0.264 e. The van der Waals surface area contributed by atoms with Gasteiger partial charge in [-0.1, -0.05) is 6.07 Å². The van der Waals surface area contributed by atoms with E-state index in [9.17, 15) is 12.8 Å². The lowest BCUT2D eigenvalue weighted by Gasteiger charge is -2.02. The van der Waals surface area contributed by atoms with Gasteiger partial charge in [0.05, 0.1) is 17.3 Å². The first-order valence-corrected chi connectivity index (χ1v) is 6.28. The summed E-state index contributed by atoms with van der Waals surface area (Å²) in [5.41, 5.74) is 0.469. The highest BCUT2D eigenvalue weighted by Gasteiger charge is 2.04. The van der Waals surface area contributed by atoms with Crippen molar-refractivity contribution < 1.29 is 17.0 Å². The zero-order valence-electron chi connectivity index (χ0n) is 7.33. The van der Waals surface area contributed by atoms with Gasteiger partial charge in [0.15, 0.2) is 0 Å². The summed E-state index contributed by atoms with van der Waals surface area (Å²) in [5, 5.41) is 0. The maximum atomic E-state index is 12.9. The summed E-state index contributed by atoms with van der Waals surface area (Å²) in [6.07, 6.45) is 0.947. The number of hydrogen-bond donors (Lipinski definition) is 0. The zero-order chi connectivity index (χ0) is 10.8. The van der Waals surface area contributed by atoms with Crippen molar-refractivity contribution in [3.63, 3.8) is 0 Å². The van der Waals surface area contributed by atoms with Crippen LogP contribution >= 0.6 is 15.9 Å². The molecule has 0 aromatic heterocycles. The molecule has 1 aromatic carbocycles. The zero-order valence-corrected chi connectivity index (χ0v) is 9.73. The second kappa shape index (κ2) is 4.37. The fraction of sp³-hybridized carbons (Fsp3) is 0.250. The van der Waals surface area contributed by atoms with Crippen LogP contribution in [0.3, 0.4) is 0 Å². The van der Waals surface area contributed by atoms with Crippen molar-refractivity contribution in [2.24, 2.45) is 0 Å². The van der Waals surface area contributed by atoms with E-state index in [0.29, 0.717) is 10.0 Å². The second-order valence-electron chi connectivity index (χ2n) is 2.71. The minimum Gasteiger partial charge on any atom is -0.265 e. The number of halogens is 2. The average Bonchev–Trinajstić information content (AvgIpc) is 2.06. The molecular formula is C8H8BrFO3S. The van der Waals surface area contributed by atoms with E-state index in [1.54, 1.807) is 6.07 Å². The molecule has 0 fully saturated rings. The van der Waals surface area contributed by atoms with E-state index >= 15 is 0 Å². The molecule has 0 atom stereocenters. The van der Waals surface area contributed by atoms with Crippen LogP contribution in [0.5, 0.6) is 0 Å². The molecule has 0 radical (unpaired) electrons. The van der Waals surface area contributed by atoms with E-state index in [1.165, 1.54) is 12.1 Å². The van der Waals surface area contributed by atoms with Crippen molar-refractivity contribution in [3.05, 3.63) is 34.1 Å². The standard InChI is InChI=1S/C8H8BrFO3S/c1-14(11,12)13-5-6-2-3-7(9)8(10)4-6/h2-4H,5H2,1H3. The van der Waals surface area contributed by atoms with E-state index in [-0.39, 0.29) is 6.61 Å². The second-order valence-corrected chi connectivity index (χ2v) is 5.21. The van der Waals surface area contributed by atoms with E-state index in [0.717, 1.165) is 6.26 Å². The molecular weight excluding hydrogens is 275 g/mol. The largest absolute Gasteiger partial charge is 0.265 e. The first kappa shape index (κ1) is 11.6. The number of rotatable bonds is 3. The molecule has 1 rings (SSSR count). The lowest BCUT2D eigenvalue weighted by atomic mass is 10.2. The Morgan fingerprint density at radius 3 is 2.64 bits per heavy atom. The van der Waals surface area contributed by atoms with Gasteiger partial charge in [0.2, 0.25) is 0 Å². The van der Waals surface area contributed by atoms with Crippen molar-refractivity contribution >= 4 is 26.0 Å². The normalized spacial score (nSPS) is 11.6. The highest BCUT2D eigenvalue weighted by Crippen LogP contribution is 2.17. The molecule has 6 heteroatoms. The highest BCUT2D eigenvalue weighted by molar-refractivity contribution is 9.10. The number of hydrogen-bond acceptors (Lipinski definition) is 3. The molecule has 0 spiro atoms. The summed E-state index contributed by atoms with van der Waals surface area (Å²) in [6, 6.07) is 4.30. The minimum atomic E-state index is -3.48. The van der Waals surface area contributed by atoms with E-state index < -0.39 is 15.9 Å². The average molecular weight is 283 g/mol. The number of benzene rings is 1. The maximum Gasteiger partial charge on any atom is 0.264 e. The van der Waals surface area contributed by atoms with Crippen molar-refractivity contribution in [1.29, 1.82) is 0 Å². The third kappa shape index (κ3) is 3.73. The lowest BCUT2D eigenvalue weighted by Crippen LogP contribution is -2.02. The van der Waals surface area contributed by atoms with Gasteiger partial charge in [-0.2, -0.15) is 8.42 Å². The molecule has 0 aliphatic heterocycles. The predicted octanol–water partition coefficient (Wildman–Crippen LogP) is 2.06. The maximum absolute atomic E-state index is 12.9. The monoisotopic (exact) mass is 282 g/mol. The Balaban J connectivity index is 2.74. The van der Waals surface area contributed by atoms with Gasteiger partial charge in [0, 0.05) is 0 Å². The molecule has 0 saturated carbocycles. The third-order valence-electron chi connectivity index (χ3n) is 1.42. The van der Waals surface area contributed by atoms with E-state index in [4.69, 9.17) is 0 Å². The SMILES string of the molecule is CS(=O)(=O)OCc1ccc(Br)c(F)c1. The van der Waals surface area contributed by atoms with Gasteiger partial charge in [0.1, 0.15) is 5.82 Å². The fourth-order valence-electron chi connectivity index (χ4n) is 0.804. The van der Waals surface area contributed by atoms with Gasteiger partial charge < -0.3 is 0 Å². The van der Waals surface area contributed by atoms with Gasteiger partial charge in [-0.3, -0.25) is 4.18 Å².